The normalized spacial score (nSPS) is 10.5. The Hall–Kier alpha value is -3.47. The second kappa shape index (κ2) is 7.41. The first kappa shape index (κ1) is 18.3. The minimum absolute atomic E-state index is 0.0843. The molecule has 3 N–H and O–H groups in total. The van der Waals surface area contributed by atoms with Gasteiger partial charge in [-0.15, -0.1) is 0 Å². The number of aromatic carboxylic acids is 1. The molecule has 3 rings (SSSR count). The van der Waals surface area contributed by atoms with Crippen LogP contribution in [0.2, 0.25) is 0 Å². The monoisotopic (exact) mass is 391 g/mol. The third-order valence-corrected chi connectivity index (χ3v) is 4.23. The van der Waals surface area contributed by atoms with Crippen molar-refractivity contribution >= 4 is 39.9 Å². The maximum atomic E-state index is 13.3. The zero-order valence-corrected chi connectivity index (χ0v) is 14.5. The molecule has 0 aliphatic rings. The highest BCUT2D eigenvalue weighted by Gasteiger charge is 2.20. The highest BCUT2D eigenvalue weighted by atomic mass is 32.1. The van der Waals surface area contributed by atoms with E-state index in [2.05, 4.69) is 25.0 Å². The lowest BCUT2D eigenvalue weighted by molar-refractivity contribution is 0.0690. The second-order valence-electron chi connectivity index (χ2n) is 5.27. The predicted octanol–water partition coefficient (Wildman–Crippen LogP) is 3.21. The van der Waals surface area contributed by atoms with Crippen molar-refractivity contribution in [2.75, 3.05) is 10.6 Å². The first-order valence-electron chi connectivity index (χ1n) is 7.40. The van der Waals surface area contributed by atoms with E-state index in [1.165, 1.54) is 12.3 Å². The summed E-state index contributed by atoms with van der Waals surface area (Å²) >= 11 is 0.986. The minimum Gasteiger partial charge on any atom is -0.476 e. The molecule has 3 aromatic rings. The Morgan fingerprint density at radius 1 is 1.15 bits per heavy atom. The number of carbonyl (C=O) groups is 2. The number of nitrogens with zero attached hydrogens (tertiary/aromatic N) is 3. The van der Waals surface area contributed by atoms with E-state index >= 15 is 0 Å². The van der Waals surface area contributed by atoms with Gasteiger partial charge in [-0.1, -0.05) is 0 Å². The van der Waals surface area contributed by atoms with Crippen LogP contribution in [0.1, 0.15) is 26.5 Å². The van der Waals surface area contributed by atoms with Crippen LogP contribution >= 0.6 is 11.5 Å². The lowest BCUT2D eigenvalue weighted by Gasteiger charge is -2.08. The third-order valence-electron chi connectivity index (χ3n) is 3.38. The van der Waals surface area contributed by atoms with Crippen molar-refractivity contribution < 1.29 is 23.5 Å². The molecule has 1 amide bonds. The summed E-state index contributed by atoms with van der Waals surface area (Å²) < 4.78 is 30.4. The molecular weight excluding hydrogens is 380 g/mol. The summed E-state index contributed by atoms with van der Waals surface area (Å²) in [4.78, 5) is 31.0. The molecule has 1 aromatic carbocycles. The van der Waals surface area contributed by atoms with Gasteiger partial charge in [0.25, 0.3) is 5.91 Å². The van der Waals surface area contributed by atoms with Crippen LogP contribution in [0, 0.1) is 18.6 Å². The Labute approximate surface area is 155 Å². The largest absolute Gasteiger partial charge is 0.476 e. The summed E-state index contributed by atoms with van der Waals surface area (Å²) in [5.74, 6) is -3.68. The van der Waals surface area contributed by atoms with E-state index < -0.39 is 23.5 Å². The van der Waals surface area contributed by atoms with Gasteiger partial charge in [-0.25, -0.2) is 23.5 Å². The lowest BCUT2D eigenvalue weighted by Crippen LogP contribution is -2.14. The van der Waals surface area contributed by atoms with E-state index in [1.807, 2.05) is 0 Å². The number of aryl methyl sites for hydroxylation is 1. The van der Waals surface area contributed by atoms with Gasteiger partial charge in [0.2, 0.25) is 0 Å². The summed E-state index contributed by atoms with van der Waals surface area (Å²) in [6.07, 6.45) is 2.27. The Bertz CT molecular complexity index is 1020. The van der Waals surface area contributed by atoms with Gasteiger partial charge in [-0.2, -0.15) is 4.37 Å². The number of halogens is 2. The van der Waals surface area contributed by atoms with E-state index in [0.717, 1.165) is 29.9 Å². The second-order valence-corrected chi connectivity index (χ2v) is 6.05. The van der Waals surface area contributed by atoms with Gasteiger partial charge in [0.15, 0.2) is 17.3 Å². The predicted molar refractivity (Wildman–Crippen MR) is 93.4 cm³/mol. The molecule has 27 heavy (non-hydrogen) atoms. The number of nitrogens with one attached hydrogen (secondary N) is 2. The molecule has 2 heterocycles. The van der Waals surface area contributed by atoms with Gasteiger partial charge in [0.05, 0.1) is 23.7 Å². The van der Waals surface area contributed by atoms with Crippen LogP contribution in [-0.2, 0) is 0 Å². The molecule has 8 nitrogen and oxygen atoms in total. The zero-order chi connectivity index (χ0) is 19.6. The van der Waals surface area contributed by atoms with Crippen LogP contribution < -0.4 is 10.6 Å². The van der Waals surface area contributed by atoms with E-state index in [-0.39, 0.29) is 22.8 Å². The average molecular weight is 391 g/mol. The van der Waals surface area contributed by atoms with E-state index in [1.54, 1.807) is 6.92 Å². The van der Waals surface area contributed by atoms with Crippen molar-refractivity contribution in [3.8, 4) is 0 Å². The maximum Gasteiger partial charge on any atom is 0.356 e. The van der Waals surface area contributed by atoms with Crippen LogP contribution in [0.3, 0.4) is 0 Å². The quantitative estimate of drug-likeness (QED) is 0.611. The molecule has 0 aliphatic heterocycles. The Kier molecular flexibility index (Phi) is 5.03. The fourth-order valence-corrected chi connectivity index (χ4v) is 2.91. The van der Waals surface area contributed by atoms with Crippen LogP contribution in [0.15, 0.2) is 30.6 Å². The Morgan fingerprint density at radius 3 is 2.56 bits per heavy atom. The molecule has 11 heteroatoms. The summed E-state index contributed by atoms with van der Waals surface area (Å²) in [5.41, 5.74) is 0.463. The average Bonchev–Trinajstić information content (AvgIpc) is 2.99. The molecule has 0 atom stereocenters. The van der Waals surface area contributed by atoms with E-state index in [9.17, 15) is 18.4 Å². The van der Waals surface area contributed by atoms with Gasteiger partial charge in [-0.3, -0.25) is 4.79 Å². The number of carbonyl (C=O) groups excluding carboxylic acids is 1. The Balaban J connectivity index is 1.82. The fourth-order valence-electron chi connectivity index (χ4n) is 2.11. The van der Waals surface area contributed by atoms with Crippen LogP contribution in [0.25, 0.3) is 0 Å². The zero-order valence-electron chi connectivity index (χ0n) is 13.7. The number of anilines is 3. The van der Waals surface area contributed by atoms with Gasteiger partial charge >= 0.3 is 5.97 Å². The molecule has 0 bridgehead atoms. The molecule has 138 valence electrons. The number of benzene rings is 1. The van der Waals surface area contributed by atoms with Crippen molar-refractivity contribution in [1.29, 1.82) is 0 Å². The lowest BCUT2D eigenvalue weighted by atomic mass is 10.2. The molecule has 0 spiro atoms. The van der Waals surface area contributed by atoms with E-state index in [4.69, 9.17) is 5.11 Å². The van der Waals surface area contributed by atoms with Gasteiger partial charge in [0.1, 0.15) is 10.8 Å². The van der Waals surface area contributed by atoms with Crippen LogP contribution in [-0.4, -0.2) is 31.3 Å². The number of hydrogen-bond donors (Lipinski definition) is 3. The molecule has 0 unspecified atom stereocenters. The van der Waals surface area contributed by atoms with Crippen LogP contribution in [0.4, 0.5) is 25.3 Å². The number of aromatic nitrogens is 3. The number of rotatable bonds is 5. The first-order valence-corrected chi connectivity index (χ1v) is 8.17. The first-order chi connectivity index (χ1) is 12.8. The van der Waals surface area contributed by atoms with Crippen LogP contribution in [0.5, 0.6) is 0 Å². The highest BCUT2D eigenvalue weighted by Crippen LogP contribution is 2.28. The molecule has 0 saturated heterocycles. The molecule has 0 fully saturated rings. The molecule has 0 saturated carbocycles. The van der Waals surface area contributed by atoms with Crippen molar-refractivity contribution in [2.45, 2.75) is 6.92 Å². The molecule has 0 aliphatic carbocycles. The van der Waals surface area contributed by atoms with Crippen molar-refractivity contribution in [1.82, 2.24) is 14.3 Å². The standard InChI is InChI=1S/C16H11F2N5O3S/c1-7-13(14(24)21-8-2-3-9(17)10(18)4-8)15(27-23-7)22-12-6-19-11(5-20-12)16(25)26/h2-6H,1H3,(H,20,22)(H,21,24)(H,25,26). The third kappa shape index (κ3) is 4.03. The highest BCUT2D eigenvalue weighted by molar-refractivity contribution is 7.10. The number of amides is 1. The smallest absolute Gasteiger partial charge is 0.356 e. The van der Waals surface area contributed by atoms with Crippen molar-refractivity contribution in [2.24, 2.45) is 0 Å². The maximum absolute atomic E-state index is 13.3. The van der Waals surface area contributed by atoms with Gasteiger partial charge < -0.3 is 15.7 Å². The Morgan fingerprint density at radius 2 is 1.93 bits per heavy atom. The topological polar surface area (TPSA) is 117 Å². The number of carboxylic acid groups (broad SMARTS) is 1. The molecular formula is C16H11F2N5O3S. The van der Waals surface area contributed by atoms with Crippen molar-refractivity contribution in [3.05, 3.63) is 59.2 Å². The van der Waals surface area contributed by atoms with Crippen molar-refractivity contribution in [3.63, 3.8) is 0 Å². The summed E-state index contributed by atoms with van der Waals surface area (Å²) in [5, 5.41) is 14.5. The number of hydrogen-bond acceptors (Lipinski definition) is 7. The summed E-state index contributed by atoms with van der Waals surface area (Å²) in [6.45, 7) is 1.61. The van der Waals surface area contributed by atoms with Gasteiger partial charge in [-0.05, 0) is 30.6 Å². The molecule has 2 aromatic heterocycles. The fraction of sp³-hybridized carbons (Fsp3) is 0.0625. The van der Waals surface area contributed by atoms with Gasteiger partial charge in [0, 0.05) is 11.8 Å². The minimum atomic E-state index is -1.21. The summed E-state index contributed by atoms with van der Waals surface area (Å²) in [7, 11) is 0. The molecule has 0 radical (unpaired) electrons. The SMILES string of the molecule is Cc1nsc(Nc2cnc(C(=O)O)cn2)c1C(=O)Nc1ccc(F)c(F)c1. The van der Waals surface area contributed by atoms with E-state index in [0.29, 0.717) is 10.7 Å². The summed E-state index contributed by atoms with van der Waals surface area (Å²) in [6, 6.07) is 3.00. The number of carboxylic acids is 1.